The van der Waals surface area contributed by atoms with Crippen molar-refractivity contribution in [2.24, 2.45) is 7.05 Å². The van der Waals surface area contributed by atoms with Gasteiger partial charge in [0.25, 0.3) is 0 Å². The van der Waals surface area contributed by atoms with Gasteiger partial charge in [0.2, 0.25) is 0 Å². The first kappa shape index (κ1) is 23.4. The summed E-state index contributed by atoms with van der Waals surface area (Å²) in [5, 5.41) is -1.29. The van der Waals surface area contributed by atoms with Gasteiger partial charge in [-0.25, -0.2) is 9.18 Å². The number of benzene rings is 1. The zero-order valence-electron chi connectivity index (χ0n) is 15.0. The minimum Gasteiger partial charge on any atom is -0.488 e. The van der Waals surface area contributed by atoms with Crippen LogP contribution in [0.3, 0.4) is 0 Å². The van der Waals surface area contributed by atoms with E-state index in [1.807, 2.05) is 0 Å². The summed E-state index contributed by atoms with van der Waals surface area (Å²) in [6, 6.07) is 1.96. The standard InChI is InChI=1S/C18H14Cl3F4NO3/c1-3-28-13(27)5-4-6-29-12-7-9(11(22)8-10(12)19)14-15(20)16(18(23,24)25)26(2)17(14)21/h4-5,7-8H,3,6H2,1-2H3/b5-4+. The Morgan fingerprint density at radius 3 is 2.45 bits per heavy atom. The lowest BCUT2D eigenvalue weighted by atomic mass is 10.1. The van der Waals surface area contributed by atoms with Crippen LogP contribution in [0.2, 0.25) is 15.2 Å². The Labute approximate surface area is 178 Å². The van der Waals surface area contributed by atoms with Crippen LogP contribution < -0.4 is 4.74 Å². The maximum Gasteiger partial charge on any atom is 0.432 e. The van der Waals surface area contributed by atoms with Gasteiger partial charge in [-0.15, -0.1) is 0 Å². The fourth-order valence-corrected chi connectivity index (χ4v) is 3.43. The number of nitrogens with zero attached hydrogens (tertiary/aromatic N) is 1. The average molecular weight is 475 g/mol. The number of rotatable bonds is 6. The number of ether oxygens (including phenoxy) is 2. The number of alkyl halides is 3. The van der Waals surface area contributed by atoms with Crippen molar-refractivity contribution in [3.8, 4) is 16.9 Å². The molecule has 0 fully saturated rings. The van der Waals surface area contributed by atoms with Crippen molar-refractivity contribution in [2.75, 3.05) is 13.2 Å². The highest BCUT2D eigenvalue weighted by atomic mass is 35.5. The smallest absolute Gasteiger partial charge is 0.432 e. The summed E-state index contributed by atoms with van der Waals surface area (Å²) in [6.07, 6.45) is -2.34. The lowest BCUT2D eigenvalue weighted by Gasteiger charge is -2.10. The van der Waals surface area contributed by atoms with Gasteiger partial charge in [-0.3, -0.25) is 0 Å². The molecule has 0 unspecified atom stereocenters. The van der Waals surface area contributed by atoms with Crippen molar-refractivity contribution >= 4 is 40.8 Å². The Morgan fingerprint density at radius 1 is 1.24 bits per heavy atom. The zero-order valence-corrected chi connectivity index (χ0v) is 17.3. The highest BCUT2D eigenvalue weighted by Gasteiger charge is 2.40. The van der Waals surface area contributed by atoms with E-state index in [9.17, 15) is 22.4 Å². The summed E-state index contributed by atoms with van der Waals surface area (Å²) in [5.74, 6) is -1.56. The monoisotopic (exact) mass is 473 g/mol. The number of carbonyl (C=O) groups excluding carboxylic acids is 1. The fourth-order valence-electron chi connectivity index (χ4n) is 2.47. The molecule has 0 atom stereocenters. The zero-order chi connectivity index (χ0) is 21.9. The van der Waals surface area contributed by atoms with Gasteiger partial charge in [0.05, 0.1) is 16.7 Å². The van der Waals surface area contributed by atoms with E-state index in [0.717, 1.165) is 25.3 Å². The maximum atomic E-state index is 14.5. The molecule has 0 spiro atoms. The molecule has 0 N–H and O–H groups in total. The van der Waals surface area contributed by atoms with Gasteiger partial charge < -0.3 is 14.0 Å². The number of hydrogen-bond acceptors (Lipinski definition) is 3. The molecule has 4 nitrogen and oxygen atoms in total. The first-order valence-electron chi connectivity index (χ1n) is 8.05. The SMILES string of the molecule is CCOC(=O)/C=C/COc1cc(-c2c(Cl)c(C(F)(F)F)n(C)c2Cl)c(F)cc1Cl. The Kier molecular flexibility index (Phi) is 7.48. The molecule has 158 valence electrons. The molecule has 0 aliphatic rings. The van der Waals surface area contributed by atoms with Crippen LogP contribution in [0.5, 0.6) is 5.75 Å². The van der Waals surface area contributed by atoms with E-state index in [-0.39, 0.29) is 35.1 Å². The van der Waals surface area contributed by atoms with Crippen molar-refractivity contribution in [2.45, 2.75) is 13.1 Å². The molecule has 0 aliphatic heterocycles. The molecular formula is C18H14Cl3F4NO3. The van der Waals surface area contributed by atoms with E-state index in [2.05, 4.69) is 0 Å². The van der Waals surface area contributed by atoms with Crippen LogP contribution in [0.25, 0.3) is 11.1 Å². The minimum atomic E-state index is -4.80. The second-order valence-corrected chi connectivity index (χ2v) is 6.76. The molecule has 1 aromatic heterocycles. The van der Waals surface area contributed by atoms with E-state index < -0.39 is 33.8 Å². The average Bonchev–Trinajstić information content (AvgIpc) is 2.83. The molecule has 29 heavy (non-hydrogen) atoms. The summed E-state index contributed by atoms with van der Waals surface area (Å²) >= 11 is 17.8. The Bertz CT molecular complexity index is 955. The topological polar surface area (TPSA) is 40.5 Å². The van der Waals surface area contributed by atoms with E-state index >= 15 is 0 Å². The first-order chi connectivity index (χ1) is 13.5. The minimum absolute atomic E-state index is 0.0406. The summed E-state index contributed by atoms with van der Waals surface area (Å²) in [5.41, 5.74) is -1.88. The van der Waals surface area contributed by atoms with Gasteiger partial charge >= 0.3 is 12.1 Å². The quantitative estimate of drug-likeness (QED) is 0.280. The summed E-state index contributed by atoms with van der Waals surface area (Å²) < 4.78 is 64.9. The van der Waals surface area contributed by atoms with Crippen LogP contribution >= 0.6 is 34.8 Å². The van der Waals surface area contributed by atoms with Gasteiger partial charge in [-0.1, -0.05) is 34.8 Å². The molecule has 0 saturated heterocycles. The van der Waals surface area contributed by atoms with Gasteiger partial charge in [0, 0.05) is 24.3 Å². The predicted molar refractivity (Wildman–Crippen MR) is 102 cm³/mol. The van der Waals surface area contributed by atoms with Gasteiger partial charge in [-0.2, -0.15) is 13.2 Å². The molecular weight excluding hydrogens is 461 g/mol. The van der Waals surface area contributed by atoms with Crippen LogP contribution in [-0.4, -0.2) is 23.8 Å². The molecule has 0 bridgehead atoms. The van der Waals surface area contributed by atoms with Crippen LogP contribution in [0.1, 0.15) is 12.6 Å². The largest absolute Gasteiger partial charge is 0.488 e. The summed E-state index contributed by atoms with van der Waals surface area (Å²) in [6.45, 7) is 1.72. The van der Waals surface area contributed by atoms with E-state index in [1.54, 1.807) is 6.92 Å². The van der Waals surface area contributed by atoms with Gasteiger partial charge in [0.1, 0.15) is 29.0 Å². The lowest BCUT2D eigenvalue weighted by molar-refractivity contribution is -0.143. The van der Waals surface area contributed by atoms with E-state index in [0.29, 0.717) is 4.57 Å². The van der Waals surface area contributed by atoms with E-state index in [1.165, 1.54) is 6.08 Å². The highest BCUT2D eigenvalue weighted by Crippen LogP contribution is 2.47. The second kappa shape index (κ2) is 9.28. The molecule has 11 heteroatoms. The summed E-state index contributed by atoms with van der Waals surface area (Å²) in [4.78, 5) is 11.2. The van der Waals surface area contributed by atoms with Crippen molar-refractivity contribution < 1.29 is 31.8 Å². The number of halogens is 7. The molecule has 2 aromatic rings. The predicted octanol–water partition coefficient (Wildman–Crippen LogP) is 6.31. The molecule has 2 rings (SSSR count). The highest BCUT2D eigenvalue weighted by molar-refractivity contribution is 6.40. The van der Waals surface area contributed by atoms with Crippen molar-refractivity contribution in [1.82, 2.24) is 4.57 Å². The molecule has 1 aromatic carbocycles. The van der Waals surface area contributed by atoms with Crippen molar-refractivity contribution in [3.05, 3.63) is 51.0 Å². The van der Waals surface area contributed by atoms with Crippen molar-refractivity contribution in [3.63, 3.8) is 0 Å². The Morgan fingerprint density at radius 2 is 1.90 bits per heavy atom. The number of esters is 1. The fraction of sp³-hybridized carbons (Fsp3) is 0.278. The third kappa shape index (κ3) is 5.18. The molecule has 0 aliphatic carbocycles. The third-order valence-electron chi connectivity index (χ3n) is 3.70. The lowest BCUT2D eigenvalue weighted by Crippen LogP contribution is -2.11. The summed E-state index contributed by atoms with van der Waals surface area (Å²) in [7, 11) is 1.06. The van der Waals surface area contributed by atoms with Crippen LogP contribution in [0, 0.1) is 5.82 Å². The first-order valence-corrected chi connectivity index (χ1v) is 9.18. The van der Waals surface area contributed by atoms with Gasteiger partial charge in [0.15, 0.2) is 0 Å². The number of aromatic nitrogens is 1. The van der Waals surface area contributed by atoms with Crippen molar-refractivity contribution in [1.29, 1.82) is 0 Å². The maximum absolute atomic E-state index is 14.5. The molecule has 0 radical (unpaired) electrons. The van der Waals surface area contributed by atoms with Crippen LogP contribution in [0.4, 0.5) is 17.6 Å². The second-order valence-electron chi connectivity index (χ2n) is 5.61. The normalized spacial score (nSPS) is 11.9. The van der Waals surface area contributed by atoms with Gasteiger partial charge in [-0.05, 0) is 25.1 Å². The molecule has 0 amide bonds. The molecule has 1 heterocycles. The number of hydrogen-bond donors (Lipinski definition) is 0. The third-order valence-corrected chi connectivity index (χ3v) is 4.80. The van der Waals surface area contributed by atoms with Crippen LogP contribution in [0.15, 0.2) is 24.3 Å². The van der Waals surface area contributed by atoms with E-state index in [4.69, 9.17) is 44.3 Å². The van der Waals surface area contributed by atoms with Crippen LogP contribution in [-0.2, 0) is 22.8 Å². The Hall–Kier alpha value is -1.90. The number of carbonyl (C=O) groups is 1. The Balaban J connectivity index is 2.41. The molecule has 0 saturated carbocycles.